The molecule has 2 N–H and O–H groups in total. The minimum Gasteiger partial charge on any atom is -0.475 e. The van der Waals surface area contributed by atoms with Gasteiger partial charge < -0.3 is 10.1 Å². The molecule has 9 heteroatoms. The molecule has 208 valence electrons. The highest BCUT2D eigenvalue weighted by molar-refractivity contribution is 7.92. The molecule has 3 aromatic rings. The fourth-order valence-electron chi connectivity index (χ4n) is 5.23. The summed E-state index contributed by atoms with van der Waals surface area (Å²) in [5.41, 5.74) is 3.70. The number of carbonyl (C=O) groups excluding carboxylic acids is 1. The number of fused-ring (bicyclic) bond motifs is 4. The molecule has 1 atom stereocenters. The van der Waals surface area contributed by atoms with E-state index in [1.165, 1.54) is 12.1 Å². The number of hydrogen-bond donors (Lipinski definition) is 2. The zero-order valence-corrected chi connectivity index (χ0v) is 24.3. The van der Waals surface area contributed by atoms with E-state index in [1.54, 1.807) is 18.2 Å². The number of carbonyl (C=O) groups is 1. The molecule has 0 unspecified atom stereocenters. The number of anilines is 1. The molecule has 0 saturated heterocycles. The van der Waals surface area contributed by atoms with Crippen LogP contribution in [0, 0.1) is 31.6 Å². The van der Waals surface area contributed by atoms with Crippen molar-refractivity contribution >= 4 is 21.9 Å². The van der Waals surface area contributed by atoms with Crippen LogP contribution >= 0.6 is 0 Å². The van der Waals surface area contributed by atoms with Gasteiger partial charge in [0, 0.05) is 17.2 Å². The molecule has 4 rings (SSSR count). The number of sulfonamides is 1. The molecule has 0 radical (unpaired) electrons. The van der Waals surface area contributed by atoms with E-state index in [9.17, 15) is 13.2 Å². The first-order valence-electron chi connectivity index (χ1n) is 13.4. The Morgan fingerprint density at radius 2 is 1.59 bits per heavy atom. The van der Waals surface area contributed by atoms with Crippen molar-refractivity contribution in [2.75, 3.05) is 11.3 Å². The Kier molecular flexibility index (Phi) is 8.59. The maximum atomic E-state index is 13.4. The molecule has 1 aliphatic rings. The molecule has 1 aromatic heterocycles. The molecule has 8 nitrogen and oxygen atoms in total. The van der Waals surface area contributed by atoms with Gasteiger partial charge >= 0.3 is 0 Å². The molecule has 0 fully saturated rings. The second-order valence-electron chi connectivity index (χ2n) is 11.2. The van der Waals surface area contributed by atoms with Crippen molar-refractivity contribution < 1.29 is 17.9 Å². The lowest BCUT2D eigenvalue weighted by atomic mass is 9.84. The van der Waals surface area contributed by atoms with Crippen molar-refractivity contribution in [2.24, 2.45) is 17.8 Å². The monoisotopic (exact) mass is 550 g/mol. The van der Waals surface area contributed by atoms with E-state index < -0.39 is 10.0 Å². The van der Waals surface area contributed by atoms with Crippen molar-refractivity contribution in [3.8, 4) is 17.1 Å². The molecule has 0 aliphatic carbocycles. The van der Waals surface area contributed by atoms with Crippen LogP contribution in [0.1, 0.15) is 62.0 Å². The number of hydrogen-bond acceptors (Lipinski definition) is 6. The van der Waals surface area contributed by atoms with E-state index in [-0.39, 0.29) is 46.8 Å². The second-order valence-corrected chi connectivity index (χ2v) is 12.9. The summed E-state index contributed by atoms with van der Waals surface area (Å²) in [7, 11) is -4.07. The predicted molar refractivity (Wildman–Crippen MR) is 153 cm³/mol. The SMILES string of the molecule is Cc1cccc(C)c1-c1cc2nc(n1)NS(=O)(=O)c1cccc(c1)C(=O)N[C@H](C(CC(C)C)CC(C)C)CO2. The summed E-state index contributed by atoms with van der Waals surface area (Å²) < 4.78 is 35.4. The van der Waals surface area contributed by atoms with E-state index in [2.05, 4.69) is 47.7 Å². The molecule has 2 aromatic carbocycles. The van der Waals surface area contributed by atoms with Gasteiger partial charge in [-0.15, -0.1) is 0 Å². The van der Waals surface area contributed by atoms with Gasteiger partial charge in [0.15, 0.2) is 0 Å². The van der Waals surface area contributed by atoms with E-state index in [0.29, 0.717) is 17.5 Å². The number of rotatable bonds is 6. The number of aromatic nitrogens is 2. The van der Waals surface area contributed by atoms with E-state index >= 15 is 0 Å². The van der Waals surface area contributed by atoms with Gasteiger partial charge in [-0.1, -0.05) is 52.0 Å². The van der Waals surface area contributed by atoms with Gasteiger partial charge in [0.1, 0.15) is 6.61 Å². The van der Waals surface area contributed by atoms with Crippen molar-refractivity contribution in [1.29, 1.82) is 0 Å². The fourth-order valence-corrected chi connectivity index (χ4v) is 6.22. The highest BCUT2D eigenvalue weighted by Gasteiger charge is 2.28. The van der Waals surface area contributed by atoms with Crippen molar-refractivity contribution in [3.05, 3.63) is 65.2 Å². The lowest BCUT2D eigenvalue weighted by Crippen LogP contribution is -2.45. The lowest BCUT2D eigenvalue weighted by Gasteiger charge is -2.30. The Hall–Kier alpha value is -3.46. The molecule has 1 aliphatic heterocycles. The van der Waals surface area contributed by atoms with Gasteiger partial charge in [-0.05, 0) is 73.8 Å². The van der Waals surface area contributed by atoms with Gasteiger partial charge in [-0.25, -0.2) is 18.1 Å². The van der Waals surface area contributed by atoms with E-state index in [4.69, 9.17) is 4.74 Å². The van der Waals surface area contributed by atoms with Crippen LogP contribution in [-0.4, -0.2) is 36.9 Å². The third-order valence-electron chi connectivity index (χ3n) is 6.92. The van der Waals surface area contributed by atoms with Crippen LogP contribution in [0.4, 0.5) is 5.95 Å². The van der Waals surface area contributed by atoms with E-state index in [1.807, 2.05) is 32.0 Å². The second kappa shape index (κ2) is 11.7. The van der Waals surface area contributed by atoms with Crippen LogP contribution in [-0.2, 0) is 10.0 Å². The highest BCUT2D eigenvalue weighted by atomic mass is 32.2. The number of amides is 1. The van der Waals surface area contributed by atoms with Gasteiger partial charge in [0.2, 0.25) is 11.8 Å². The number of aryl methyl sites for hydroxylation is 2. The summed E-state index contributed by atoms with van der Waals surface area (Å²) in [5, 5.41) is 3.15. The average molecular weight is 551 g/mol. The van der Waals surface area contributed by atoms with E-state index in [0.717, 1.165) is 29.5 Å². The maximum Gasteiger partial charge on any atom is 0.264 e. The molecular formula is C30H38N4O4S. The lowest BCUT2D eigenvalue weighted by molar-refractivity contribution is 0.0876. The normalized spacial score (nSPS) is 17.1. The third-order valence-corrected chi connectivity index (χ3v) is 8.24. The van der Waals surface area contributed by atoms with Gasteiger partial charge in [0.05, 0.1) is 16.6 Å². The van der Waals surface area contributed by atoms with Crippen LogP contribution in [0.15, 0.2) is 53.4 Å². The Bertz CT molecular complexity index is 1420. The van der Waals surface area contributed by atoms with Crippen molar-refractivity contribution in [2.45, 2.75) is 65.3 Å². The summed E-state index contributed by atoms with van der Waals surface area (Å²) in [4.78, 5) is 22.3. The number of benzene rings is 2. The number of nitrogens with zero attached hydrogens (tertiary/aromatic N) is 2. The molecule has 0 saturated carbocycles. The summed E-state index contributed by atoms with van der Waals surface area (Å²) in [6.45, 7) is 12.8. The highest BCUT2D eigenvalue weighted by Crippen LogP contribution is 2.30. The van der Waals surface area contributed by atoms with Gasteiger partial charge in [-0.2, -0.15) is 4.98 Å². The zero-order valence-electron chi connectivity index (χ0n) is 23.5. The molecule has 4 bridgehead atoms. The Morgan fingerprint density at radius 1 is 0.949 bits per heavy atom. The maximum absolute atomic E-state index is 13.4. The van der Waals surface area contributed by atoms with Crippen molar-refractivity contribution in [3.63, 3.8) is 0 Å². The number of nitrogens with one attached hydrogen (secondary N) is 2. The first kappa shape index (κ1) is 28.5. The summed E-state index contributed by atoms with van der Waals surface area (Å²) >= 11 is 0. The standard InChI is InChI=1S/C30H38N4O4S/c1-18(2)13-23(14-19(3)4)26-17-38-27-16-25(28-20(5)9-7-10-21(28)6)32-30(33-27)34-39(36,37)24-12-8-11-22(15-24)29(35)31-26/h7-12,15-16,18-19,23,26H,13-14,17H2,1-6H3,(H,31,35)(H,32,33,34)/t26-/m0/s1. The molecule has 2 heterocycles. The molecule has 39 heavy (non-hydrogen) atoms. The summed E-state index contributed by atoms with van der Waals surface area (Å²) in [6, 6.07) is 13.4. The topological polar surface area (TPSA) is 110 Å². The smallest absolute Gasteiger partial charge is 0.264 e. The molecular weight excluding hydrogens is 512 g/mol. The Balaban J connectivity index is 1.85. The minimum absolute atomic E-state index is 0.0459. The minimum atomic E-state index is -4.07. The Labute approximate surface area is 231 Å². The Morgan fingerprint density at radius 3 is 2.23 bits per heavy atom. The summed E-state index contributed by atoms with van der Waals surface area (Å²) in [6.07, 6.45) is 1.82. The molecule has 0 spiro atoms. The first-order valence-corrected chi connectivity index (χ1v) is 14.9. The number of ether oxygens (including phenoxy) is 1. The summed E-state index contributed by atoms with van der Waals surface area (Å²) in [5.74, 6) is 0.809. The van der Waals surface area contributed by atoms with Gasteiger partial charge in [-0.3, -0.25) is 4.79 Å². The quantitative estimate of drug-likeness (QED) is 0.404. The van der Waals surface area contributed by atoms with Crippen LogP contribution in [0.25, 0.3) is 11.3 Å². The average Bonchev–Trinajstić information content (AvgIpc) is 2.85. The third kappa shape index (κ3) is 6.95. The largest absolute Gasteiger partial charge is 0.475 e. The van der Waals surface area contributed by atoms with Crippen LogP contribution in [0.2, 0.25) is 0 Å². The van der Waals surface area contributed by atoms with Crippen LogP contribution in [0.3, 0.4) is 0 Å². The van der Waals surface area contributed by atoms with Crippen LogP contribution in [0.5, 0.6) is 5.88 Å². The fraction of sp³-hybridized carbons (Fsp3) is 0.433. The molecule has 1 amide bonds. The first-order chi connectivity index (χ1) is 18.4. The van der Waals surface area contributed by atoms with Crippen LogP contribution < -0.4 is 14.8 Å². The van der Waals surface area contributed by atoms with Gasteiger partial charge in [0.25, 0.3) is 15.9 Å². The zero-order chi connectivity index (χ0) is 28.3. The van der Waals surface area contributed by atoms with Crippen molar-refractivity contribution in [1.82, 2.24) is 15.3 Å². The predicted octanol–water partition coefficient (Wildman–Crippen LogP) is 5.76.